The van der Waals surface area contributed by atoms with Gasteiger partial charge in [0, 0.05) is 42.4 Å². The molecule has 4 rings (SSSR count). The molecule has 1 aliphatic heterocycles. The van der Waals surface area contributed by atoms with Crippen LogP contribution in [-0.2, 0) is 13.0 Å². The summed E-state index contributed by atoms with van der Waals surface area (Å²) in [4.78, 5) is 8.03. The van der Waals surface area contributed by atoms with Crippen molar-refractivity contribution in [3.63, 3.8) is 0 Å². The molecule has 1 aliphatic rings. The molecule has 0 amide bonds. The highest BCUT2D eigenvalue weighted by atomic mass is 32.1. The number of thiazole rings is 1. The zero-order chi connectivity index (χ0) is 18.5. The summed E-state index contributed by atoms with van der Waals surface area (Å²) in [5.74, 6) is 0.277. The molecule has 0 aliphatic carbocycles. The van der Waals surface area contributed by atoms with E-state index in [1.807, 2.05) is 17.8 Å². The predicted molar refractivity (Wildman–Crippen MR) is 109 cm³/mol. The number of aromatic nitrogens is 1. The van der Waals surface area contributed by atoms with E-state index in [-0.39, 0.29) is 5.82 Å². The second-order valence-corrected chi connectivity index (χ2v) is 8.17. The molecule has 27 heavy (non-hydrogen) atoms. The number of rotatable bonds is 6. The summed E-state index contributed by atoms with van der Waals surface area (Å²) < 4.78 is 13.6. The van der Waals surface area contributed by atoms with E-state index in [0.29, 0.717) is 12.0 Å². The third kappa shape index (κ3) is 4.93. The standard InChI is InChI=1S/C22H24FN3S/c23-19-7-4-8-20(12-19)25-22-9-10-26(15-21-13-24-16-27-21)14-18(22)11-17-5-2-1-3-6-17/h1-8,12-13,16,18,22,25H,9-11,14-15H2/t18-,22+/m0/s1. The van der Waals surface area contributed by atoms with E-state index in [0.717, 1.165) is 38.2 Å². The maximum Gasteiger partial charge on any atom is 0.125 e. The molecule has 5 heteroatoms. The molecular formula is C22H24FN3S. The van der Waals surface area contributed by atoms with Crippen LogP contribution >= 0.6 is 11.3 Å². The maximum atomic E-state index is 13.6. The number of likely N-dealkylation sites (tertiary alicyclic amines) is 1. The fourth-order valence-electron chi connectivity index (χ4n) is 3.90. The molecule has 1 N–H and O–H groups in total. The average molecular weight is 382 g/mol. The number of hydrogen-bond donors (Lipinski definition) is 1. The van der Waals surface area contributed by atoms with Crippen molar-refractivity contribution in [2.45, 2.75) is 25.4 Å². The van der Waals surface area contributed by atoms with Crippen molar-refractivity contribution in [1.82, 2.24) is 9.88 Å². The summed E-state index contributed by atoms with van der Waals surface area (Å²) in [6, 6.07) is 17.8. The minimum absolute atomic E-state index is 0.192. The molecule has 3 nitrogen and oxygen atoms in total. The fraction of sp³-hybridized carbons (Fsp3) is 0.318. The second kappa shape index (κ2) is 8.63. The van der Waals surface area contributed by atoms with Gasteiger partial charge in [0.15, 0.2) is 0 Å². The first-order valence-corrected chi connectivity index (χ1v) is 10.3. The lowest BCUT2D eigenvalue weighted by atomic mass is 9.86. The van der Waals surface area contributed by atoms with Crippen LogP contribution in [0.2, 0.25) is 0 Å². The molecule has 1 aromatic heterocycles. The summed E-state index contributed by atoms with van der Waals surface area (Å²) in [6.45, 7) is 3.03. The van der Waals surface area contributed by atoms with Gasteiger partial charge in [-0.25, -0.2) is 4.39 Å². The lowest BCUT2D eigenvalue weighted by molar-refractivity contribution is 0.156. The Bertz CT molecular complexity index is 838. The third-order valence-corrected chi connectivity index (χ3v) is 5.96. The molecule has 2 aromatic carbocycles. The van der Waals surface area contributed by atoms with Gasteiger partial charge in [0.25, 0.3) is 0 Å². The van der Waals surface area contributed by atoms with Gasteiger partial charge in [-0.05, 0) is 42.5 Å². The molecule has 1 fully saturated rings. The Morgan fingerprint density at radius 3 is 2.81 bits per heavy atom. The second-order valence-electron chi connectivity index (χ2n) is 7.20. The number of nitrogens with one attached hydrogen (secondary N) is 1. The van der Waals surface area contributed by atoms with Crippen LogP contribution in [0.3, 0.4) is 0 Å². The van der Waals surface area contributed by atoms with Crippen molar-refractivity contribution in [3.8, 4) is 0 Å². The normalized spacial score (nSPS) is 20.5. The SMILES string of the molecule is Fc1cccc(N[C@@H]2CCN(Cc3cncs3)C[C@@H]2Cc2ccccc2)c1. The molecule has 1 saturated heterocycles. The number of piperidine rings is 1. The molecule has 140 valence electrons. The lowest BCUT2D eigenvalue weighted by Gasteiger charge is -2.39. The highest BCUT2D eigenvalue weighted by molar-refractivity contribution is 7.09. The molecule has 3 aromatic rings. The quantitative estimate of drug-likeness (QED) is 0.663. The van der Waals surface area contributed by atoms with Gasteiger partial charge in [0.05, 0.1) is 5.51 Å². The van der Waals surface area contributed by atoms with E-state index in [1.165, 1.54) is 16.5 Å². The number of halogens is 1. The van der Waals surface area contributed by atoms with Gasteiger partial charge < -0.3 is 5.32 Å². The summed E-state index contributed by atoms with van der Waals surface area (Å²) in [5, 5.41) is 3.60. The third-order valence-electron chi connectivity index (χ3n) is 5.20. The van der Waals surface area contributed by atoms with Crippen molar-refractivity contribution < 1.29 is 4.39 Å². The van der Waals surface area contributed by atoms with Crippen LogP contribution in [0.5, 0.6) is 0 Å². The number of anilines is 1. The molecular weight excluding hydrogens is 357 g/mol. The van der Waals surface area contributed by atoms with Gasteiger partial charge in [-0.2, -0.15) is 0 Å². The van der Waals surface area contributed by atoms with E-state index in [4.69, 9.17) is 0 Å². The average Bonchev–Trinajstić information content (AvgIpc) is 3.18. The van der Waals surface area contributed by atoms with Crippen LogP contribution in [0.25, 0.3) is 0 Å². The summed E-state index contributed by atoms with van der Waals surface area (Å²) in [5.41, 5.74) is 4.12. The van der Waals surface area contributed by atoms with Crippen LogP contribution < -0.4 is 5.32 Å². The van der Waals surface area contributed by atoms with Gasteiger partial charge in [0.2, 0.25) is 0 Å². The van der Waals surface area contributed by atoms with Gasteiger partial charge in [-0.1, -0.05) is 36.4 Å². The first kappa shape index (κ1) is 18.1. The van der Waals surface area contributed by atoms with Crippen molar-refractivity contribution in [2.75, 3.05) is 18.4 Å². The topological polar surface area (TPSA) is 28.2 Å². The van der Waals surface area contributed by atoms with Crippen LogP contribution in [0.4, 0.5) is 10.1 Å². The Hall–Kier alpha value is -2.24. The Balaban J connectivity index is 1.48. The van der Waals surface area contributed by atoms with Crippen molar-refractivity contribution >= 4 is 17.0 Å². The van der Waals surface area contributed by atoms with Crippen LogP contribution in [0, 0.1) is 11.7 Å². The van der Waals surface area contributed by atoms with E-state index in [2.05, 4.69) is 45.5 Å². The highest BCUT2D eigenvalue weighted by Crippen LogP contribution is 2.26. The first-order chi connectivity index (χ1) is 13.3. The number of nitrogens with zero attached hydrogens (tertiary/aromatic N) is 2. The molecule has 0 unspecified atom stereocenters. The van der Waals surface area contributed by atoms with Gasteiger partial charge in [0.1, 0.15) is 5.82 Å². The predicted octanol–water partition coefficient (Wildman–Crippen LogP) is 4.83. The molecule has 0 saturated carbocycles. The zero-order valence-corrected chi connectivity index (χ0v) is 16.0. The Morgan fingerprint density at radius 2 is 2.04 bits per heavy atom. The smallest absolute Gasteiger partial charge is 0.125 e. The molecule has 2 heterocycles. The molecule has 0 bridgehead atoms. The Morgan fingerprint density at radius 1 is 1.15 bits per heavy atom. The van der Waals surface area contributed by atoms with Crippen molar-refractivity contribution in [2.24, 2.45) is 5.92 Å². The van der Waals surface area contributed by atoms with Crippen LogP contribution in [0.1, 0.15) is 16.9 Å². The van der Waals surface area contributed by atoms with Gasteiger partial charge in [-0.3, -0.25) is 9.88 Å². The van der Waals surface area contributed by atoms with Crippen LogP contribution in [-0.4, -0.2) is 29.0 Å². The number of benzene rings is 2. The molecule has 0 radical (unpaired) electrons. The Kier molecular flexibility index (Phi) is 5.80. The van der Waals surface area contributed by atoms with E-state index >= 15 is 0 Å². The van der Waals surface area contributed by atoms with Crippen molar-refractivity contribution in [1.29, 1.82) is 0 Å². The Labute approximate surface area is 163 Å². The van der Waals surface area contributed by atoms with E-state index in [9.17, 15) is 4.39 Å². The van der Waals surface area contributed by atoms with E-state index < -0.39 is 0 Å². The molecule has 2 atom stereocenters. The summed E-state index contributed by atoms with van der Waals surface area (Å²) >= 11 is 1.72. The minimum atomic E-state index is -0.192. The van der Waals surface area contributed by atoms with E-state index in [1.54, 1.807) is 23.5 Å². The maximum absolute atomic E-state index is 13.6. The van der Waals surface area contributed by atoms with Gasteiger partial charge in [-0.15, -0.1) is 11.3 Å². The summed E-state index contributed by atoms with van der Waals surface area (Å²) in [7, 11) is 0. The number of hydrogen-bond acceptors (Lipinski definition) is 4. The first-order valence-electron chi connectivity index (χ1n) is 9.42. The lowest BCUT2D eigenvalue weighted by Crippen LogP contribution is -2.46. The highest BCUT2D eigenvalue weighted by Gasteiger charge is 2.29. The van der Waals surface area contributed by atoms with Gasteiger partial charge >= 0.3 is 0 Å². The van der Waals surface area contributed by atoms with Crippen molar-refractivity contribution in [3.05, 3.63) is 82.6 Å². The fourth-order valence-corrected chi connectivity index (χ4v) is 4.53. The monoisotopic (exact) mass is 381 g/mol. The molecule has 0 spiro atoms. The summed E-state index contributed by atoms with van der Waals surface area (Å²) in [6.07, 6.45) is 4.04. The zero-order valence-electron chi connectivity index (χ0n) is 15.2. The van der Waals surface area contributed by atoms with Crippen LogP contribution in [0.15, 0.2) is 66.3 Å². The largest absolute Gasteiger partial charge is 0.382 e. The minimum Gasteiger partial charge on any atom is -0.382 e.